The number of rotatable bonds is 3. The summed E-state index contributed by atoms with van der Waals surface area (Å²) in [6.07, 6.45) is 4.65. The summed E-state index contributed by atoms with van der Waals surface area (Å²) in [6, 6.07) is 8.07. The summed E-state index contributed by atoms with van der Waals surface area (Å²) in [5, 5.41) is 9.97. The highest BCUT2D eigenvalue weighted by molar-refractivity contribution is 7.98. The van der Waals surface area contributed by atoms with E-state index in [2.05, 4.69) is 25.3 Å². The highest BCUT2D eigenvalue weighted by Crippen LogP contribution is 2.28. The Labute approximate surface area is 107 Å². The van der Waals surface area contributed by atoms with Crippen LogP contribution in [0.2, 0.25) is 0 Å². The molecule has 0 amide bonds. The molecule has 17 heavy (non-hydrogen) atoms. The average molecular weight is 252 g/mol. The molecule has 0 aliphatic heterocycles. The smallest absolute Gasteiger partial charge is 0.124 e. The van der Waals surface area contributed by atoms with E-state index >= 15 is 0 Å². The summed E-state index contributed by atoms with van der Waals surface area (Å²) in [4.78, 5) is 1.23. The van der Waals surface area contributed by atoms with Gasteiger partial charge in [-0.2, -0.15) is 0 Å². The van der Waals surface area contributed by atoms with Gasteiger partial charge in [-0.25, -0.2) is 0 Å². The van der Waals surface area contributed by atoms with Gasteiger partial charge in [0.15, 0.2) is 0 Å². The van der Waals surface area contributed by atoms with Crippen molar-refractivity contribution in [2.75, 3.05) is 6.26 Å². The van der Waals surface area contributed by atoms with E-state index in [0.29, 0.717) is 5.92 Å². The van der Waals surface area contributed by atoms with E-state index in [0.717, 1.165) is 25.0 Å². The summed E-state index contributed by atoms with van der Waals surface area (Å²) in [5.41, 5.74) is 0. The standard InChI is InChI=1S/C14H20O2S/c1-10-3-8-14(13(15)9-10)16-11-4-6-12(17-2)7-5-11/h4-7,10,13-15H,3,8-9H2,1-2H3/t10-,13+,14+/m0/s1. The monoisotopic (exact) mass is 252 g/mol. The SMILES string of the molecule is CSc1ccc(O[C@@H]2CC[C@H](C)C[C@H]2O)cc1. The molecule has 0 bridgehead atoms. The molecule has 94 valence electrons. The zero-order valence-electron chi connectivity index (χ0n) is 10.4. The second-order valence-electron chi connectivity index (χ2n) is 4.82. The molecule has 1 N–H and O–H groups in total. The van der Waals surface area contributed by atoms with Crippen LogP contribution in [-0.4, -0.2) is 23.6 Å². The minimum atomic E-state index is -0.320. The molecule has 3 atom stereocenters. The van der Waals surface area contributed by atoms with Crippen molar-refractivity contribution in [2.24, 2.45) is 5.92 Å². The third kappa shape index (κ3) is 3.39. The van der Waals surface area contributed by atoms with Crippen molar-refractivity contribution in [3.8, 4) is 5.75 Å². The van der Waals surface area contributed by atoms with Gasteiger partial charge in [-0.05, 0) is 55.7 Å². The van der Waals surface area contributed by atoms with Gasteiger partial charge in [-0.3, -0.25) is 0 Å². The zero-order chi connectivity index (χ0) is 12.3. The van der Waals surface area contributed by atoms with Crippen LogP contribution in [0.1, 0.15) is 26.2 Å². The van der Waals surface area contributed by atoms with Crippen LogP contribution in [0.4, 0.5) is 0 Å². The van der Waals surface area contributed by atoms with E-state index in [1.807, 2.05) is 12.1 Å². The Morgan fingerprint density at radius 1 is 1.24 bits per heavy atom. The normalized spacial score (nSPS) is 29.0. The fraction of sp³-hybridized carbons (Fsp3) is 0.571. The van der Waals surface area contributed by atoms with Crippen molar-refractivity contribution in [1.29, 1.82) is 0 Å². The molecule has 1 aromatic rings. The van der Waals surface area contributed by atoms with Crippen molar-refractivity contribution in [1.82, 2.24) is 0 Å². The molecule has 1 aromatic carbocycles. The molecule has 2 rings (SSSR count). The van der Waals surface area contributed by atoms with Gasteiger partial charge in [-0.15, -0.1) is 11.8 Å². The zero-order valence-corrected chi connectivity index (χ0v) is 11.2. The number of aliphatic hydroxyl groups is 1. The molecule has 1 aliphatic carbocycles. The van der Waals surface area contributed by atoms with Crippen LogP contribution >= 0.6 is 11.8 Å². The first-order chi connectivity index (χ1) is 8.19. The van der Waals surface area contributed by atoms with Gasteiger partial charge in [0.25, 0.3) is 0 Å². The Morgan fingerprint density at radius 2 is 1.94 bits per heavy atom. The Kier molecular flexibility index (Phi) is 4.35. The van der Waals surface area contributed by atoms with Gasteiger partial charge in [0, 0.05) is 4.90 Å². The van der Waals surface area contributed by atoms with E-state index in [1.54, 1.807) is 11.8 Å². The van der Waals surface area contributed by atoms with Crippen LogP contribution in [0.25, 0.3) is 0 Å². The van der Waals surface area contributed by atoms with Crippen molar-refractivity contribution >= 4 is 11.8 Å². The van der Waals surface area contributed by atoms with Crippen LogP contribution in [0.5, 0.6) is 5.75 Å². The first kappa shape index (κ1) is 12.8. The summed E-state index contributed by atoms with van der Waals surface area (Å²) >= 11 is 1.72. The van der Waals surface area contributed by atoms with Gasteiger partial charge < -0.3 is 9.84 Å². The van der Waals surface area contributed by atoms with Gasteiger partial charge in [-0.1, -0.05) is 6.92 Å². The summed E-state index contributed by atoms with van der Waals surface area (Å²) < 4.78 is 5.86. The Bertz CT molecular complexity index is 350. The molecular weight excluding hydrogens is 232 g/mol. The highest BCUT2D eigenvalue weighted by Gasteiger charge is 2.28. The van der Waals surface area contributed by atoms with Crippen molar-refractivity contribution < 1.29 is 9.84 Å². The predicted octanol–water partition coefficient (Wildman–Crippen LogP) is 3.34. The maximum Gasteiger partial charge on any atom is 0.124 e. The van der Waals surface area contributed by atoms with Gasteiger partial charge in [0.1, 0.15) is 11.9 Å². The largest absolute Gasteiger partial charge is 0.488 e. The molecule has 0 saturated heterocycles. The number of thioether (sulfide) groups is 1. The number of benzene rings is 1. The first-order valence-corrected chi connectivity index (χ1v) is 7.40. The number of aliphatic hydroxyl groups excluding tert-OH is 1. The lowest BCUT2D eigenvalue weighted by atomic mass is 9.86. The maximum atomic E-state index is 9.97. The van der Waals surface area contributed by atoms with Gasteiger partial charge in [0.05, 0.1) is 6.10 Å². The maximum absolute atomic E-state index is 9.97. The van der Waals surface area contributed by atoms with Gasteiger partial charge in [0.2, 0.25) is 0 Å². The molecule has 1 saturated carbocycles. The third-order valence-corrected chi connectivity index (χ3v) is 4.11. The van der Waals surface area contributed by atoms with E-state index in [-0.39, 0.29) is 12.2 Å². The van der Waals surface area contributed by atoms with Crippen LogP contribution in [0, 0.1) is 5.92 Å². The molecular formula is C14H20O2S. The fourth-order valence-corrected chi connectivity index (χ4v) is 2.70. The van der Waals surface area contributed by atoms with Crippen LogP contribution < -0.4 is 4.74 Å². The molecule has 1 aliphatic rings. The summed E-state index contributed by atoms with van der Waals surface area (Å²) in [6.45, 7) is 2.19. The Morgan fingerprint density at radius 3 is 2.53 bits per heavy atom. The molecule has 0 heterocycles. The minimum Gasteiger partial charge on any atom is -0.488 e. The lowest BCUT2D eigenvalue weighted by Crippen LogP contribution is -2.37. The minimum absolute atomic E-state index is 0.0358. The number of ether oxygens (including phenoxy) is 1. The predicted molar refractivity (Wildman–Crippen MR) is 71.7 cm³/mol. The van der Waals surface area contributed by atoms with Crippen molar-refractivity contribution in [3.05, 3.63) is 24.3 Å². The van der Waals surface area contributed by atoms with Crippen LogP contribution in [0.15, 0.2) is 29.2 Å². The Hall–Kier alpha value is -0.670. The Balaban J connectivity index is 1.95. The second kappa shape index (κ2) is 5.78. The van der Waals surface area contributed by atoms with Gasteiger partial charge >= 0.3 is 0 Å². The third-order valence-electron chi connectivity index (χ3n) is 3.36. The van der Waals surface area contributed by atoms with Crippen molar-refractivity contribution in [2.45, 2.75) is 43.3 Å². The van der Waals surface area contributed by atoms with Crippen LogP contribution in [0.3, 0.4) is 0 Å². The van der Waals surface area contributed by atoms with E-state index in [4.69, 9.17) is 4.74 Å². The van der Waals surface area contributed by atoms with E-state index < -0.39 is 0 Å². The van der Waals surface area contributed by atoms with E-state index in [1.165, 1.54) is 4.90 Å². The van der Waals surface area contributed by atoms with Crippen molar-refractivity contribution in [3.63, 3.8) is 0 Å². The summed E-state index contributed by atoms with van der Waals surface area (Å²) in [7, 11) is 0. The lowest BCUT2D eigenvalue weighted by molar-refractivity contribution is -0.00799. The second-order valence-corrected chi connectivity index (χ2v) is 5.70. The molecule has 0 aromatic heterocycles. The fourth-order valence-electron chi connectivity index (χ4n) is 2.29. The summed E-state index contributed by atoms with van der Waals surface area (Å²) in [5.74, 6) is 1.48. The highest BCUT2D eigenvalue weighted by atomic mass is 32.2. The van der Waals surface area contributed by atoms with Crippen LogP contribution in [-0.2, 0) is 0 Å². The average Bonchev–Trinajstić information content (AvgIpc) is 2.34. The lowest BCUT2D eigenvalue weighted by Gasteiger charge is -2.31. The molecule has 0 unspecified atom stereocenters. The molecule has 2 nitrogen and oxygen atoms in total. The molecule has 0 radical (unpaired) electrons. The first-order valence-electron chi connectivity index (χ1n) is 6.18. The molecule has 1 fully saturated rings. The number of hydrogen-bond acceptors (Lipinski definition) is 3. The molecule has 3 heteroatoms. The topological polar surface area (TPSA) is 29.5 Å². The molecule has 0 spiro atoms. The quantitative estimate of drug-likeness (QED) is 0.837. The van der Waals surface area contributed by atoms with E-state index in [9.17, 15) is 5.11 Å². The number of hydrogen-bond donors (Lipinski definition) is 1.